The molecule has 0 radical (unpaired) electrons. The molecule has 2 aromatic carbocycles. The van der Waals surface area contributed by atoms with Crippen molar-refractivity contribution < 1.29 is 18.1 Å². The second-order valence-electron chi connectivity index (χ2n) is 7.67. The summed E-state index contributed by atoms with van der Waals surface area (Å²) in [4.78, 5) is 27.3. The van der Waals surface area contributed by atoms with E-state index in [1.165, 1.54) is 52.8 Å². The smallest absolute Gasteiger partial charge is 0.282 e. The molecular formula is C23H22N4O5S. The van der Waals surface area contributed by atoms with E-state index in [9.17, 15) is 23.3 Å². The number of hydrogen-bond donors (Lipinski definition) is 1. The Bertz CT molecular complexity index is 1260. The van der Waals surface area contributed by atoms with E-state index in [-0.39, 0.29) is 22.2 Å². The van der Waals surface area contributed by atoms with Crippen molar-refractivity contribution in [2.24, 2.45) is 0 Å². The van der Waals surface area contributed by atoms with E-state index in [1.54, 1.807) is 18.5 Å². The molecule has 3 aromatic rings. The number of para-hydroxylation sites is 1. The van der Waals surface area contributed by atoms with Gasteiger partial charge in [0.15, 0.2) is 0 Å². The van der Waals surface area contributed by atoms with E-state index in [0.29, 0.717) is 12.2 Å². The van der Waals surface area contributed by atoms with E-state index in [2.05, 4.69) is 10.3 Å². The van der Waals surface area contributed by atoms with Crippen molar-refractivity contribution >= 4 is 27.3 Å². The lowest BCUT2D eigenvalue weighted by Gasteiger charge is -2.34. The molecule has 1 unspecified atom stereocenters. The second-order valence-corrected chi connectivity index (χ2v) is 9.56. The minimum atomic E-state index is -3.77. The Morgan fingerprint density at radius 3 is 2.52 bits per heavy atom. The summed E-state index contributed by atoms with van der Waals surface area (Å²) in [5.41, 5.74) is 0.807. The molecule has 170 valence electrons. The van der Waals surface area contributed by atoms with Crippen molar-refractivity contribution in [1.29, 1.82) is 0 Å². The number of carbonyl (C=O) groups is 1. The van der Waals surface area contributed by atoms with Crippen LogP contribution >= 0.6 is 0 Å². The molecule has 1 aromatic heterocycles. The minimum Gasteiger partial charge on any atom is -0.322 e. The number of amides is 1. The van der Waals surface area contributed by atoms with Gasteiger partial charge in [0.2, 0.25) is 10.0 Å². The first kappa shape index (κ1) is 22.6. The summed E-state index contributed by atoms with van der Waals surface area (Å²) in [5, 5.41) is 13.7. The third-order valence-electron chi connectivity index (χ3n) is 5.59. The highest BCUT2D eigenvalue weighted by atomic mass is 32.2. The topological polar surface area (TPSA) is 123 Å². The molecule has 0 aliphatic carbocycles. The van der Waals surface area contributed by atoms with Crippen molar-refractivity contribution in [2.75, 3.05) is 11.9 Å². The van der Waals surface area contributed by atoms with E-state index >= 15 is 0 Å². The number of nitro benzene ring substituents is 1. The number of hydrogen-bond acceptors (Lipinski definition) is 6. The number of aromatic nitrogens is 1. The SMILES string of the molecule is O=C(Nc1ccc(S(=O)(=O)N2CCCCC2c2cccnc2)cc1)c1ccccc1[N+](=O)[O-]. The first-order valence-electron chi connectivity index (χ1n) is 10.4. The van der Waals surface area contributed by atoms with Crippen molar-refractivity contribution in [2.45, 2.75) is 30.2 Å². The number of rotatable bonds is 6. The summed E-state index contributed by atoms with van der Waals surface area (Å²) >= 11 is 0. The molecule has 1 aliphatic rings. The summed E-state index contributed by atoms with van der Waals surface area (Å²) in [6.45, 7) is 0.415. The van der Waals surface area contributed by atoms with Crippen LogP contribution in [0.5, 0.6) is 0 Å². The zero-order chi connectivity index (χ0) is 23.4. The number of nitrogens with one attached hydrogen (secondary N) is 1. The summed E-state index contributed by atoms with van der Waals surface area (Å²) < 4.78 is 28.3. The molecule has 10 heteroatoms. The number of anilines is 1. The van der Waals surface area contributed by atoms with Gasteiger partial charge in [0.05, 0.1) is 15.9 Å². The molecule has 9 nitrogen and oxygen atoms in total. The van der Waals surface area contributed by atoms with Crippen LogP contribution in [0.2, 0.25) is 0 Å². The Kier molecular flexibility index (Phi) is 6.47. The predicted molar refractivity (Wildman–Crippen MR) is 122 cm³/mol. The summed E-state index contributed by atoms with van der Waals surface area (Å²) in [6.07, 6.45) is 5.78. The molecule has 0 saturated carbocycles. The minimum absolute atomic E-state index is 0.0770. The molecule has 1 atom stereocenters. The molecule has 1 amide bonds. The van der Waals surface area contributed by atoms with Gasteiger partial charge < -0.3 is 5.32 Å². The molecule has 1 saturated heterocycles. The van der Waals surface area contributed by atoms with Crippen molar-refractivity contribution in [3.63, 3.8) is 0 Å². The Morgan fingerprint density at radius 1 is 1.06 bits per heavy atom. The predicted octanol–water partition coefficient (Wildman–Crippen LogP) is 4.16. The average Bonchev–Trinajstić information content (AvgIpc) is 2.85. The highest BCUT2D eigenvalue weighted by Gasteiger charge is 2.34. The van der Waals surface area contributed by atoms with Crippen LogP contribution in [-0.4, -0.2) is 35.1 Å². The van der Waals surface area contributed by atoms with Crippen LogP contribution in [0.3, 0.4) is 0 Å². The quantitative estimate of drug-likeness (QED) is 0.430. The number of nitrogens with zero attached hydrogens (tertiary/aromatic N) is 3. The van der Waals surface area contributed by atoms with Gasteiger partial charge in [-0.05, 0) is 54.8 Å². The van der Waals surface area contributed by atoms with Gasteiger partial charge in [0.25, 0.3) is 11.6 Å². The van der Waals surface area contributed by atoms with Crippen LogP contribution in [0.15, 0.2) is 78.0 Å². The van der Waals surface area contributed by atoms with E-state index < -0.39 is 20.9 Å². The summed E-state index contributed by atoms with van der Waals surface area (Å²) in [5.74, 6) is -0.648. The van der Waals surface area contributed by atoms with Gasteiger partial charge in [-0.25, -0.2) is 8.42 Å². The third kappa shape index (κ3) is 4.76. The highest BCUT2D eigenvalue weighted by molar-refractivity contribution is 7.89. The molecule has 1 aliphatic heterocycles. The van der Waals surface area contributed by atoms with Gasteiger partial charge in [-0.3, -0.25) is 19.9 Å². The Labute approximate surface area is 191 Å². The van der Waals surface area contributed by atoms with E-state index in [0.717, 1.165) is 24.8 Å². The number of benzene rings is 2. The first-order chi connectivity index (χ1) is 15.9. The summed E-state index contributed by atoms with van der Waals surface area (Å²) in [7, 11) is -3.77. The zero-order valence-electron chi connectivity index (χ0n) is 17.6. The third-order valence-corrected chi connectivity index (χ3v) is 7.51. The standard InChI is InChI=1S/C23H22N4O5S/c28-23(20-7-1-2-9-22(20)27(29)30)25-18-10-12-19(13-11-18)33(31,32)26-15-4-3-8-21(26)17-6-5-14-24-16-17/h1-2,5-7,9-14,16,21H,3-4,8,15H2,(H,25,28). The number of piperidine rings is 1. The maximum absolute atomic E-state index is 13.4. The van der Waals surface area contributed by atoms with Gasteiger partial charge >= 0.3 is 0 Å². The average molecular weight is 467 g/mol. The lowest BCUT2D eigenvalue weighted by atomic mass is 9.99. The van der Waals surface area contributed by atoms with Crippen LogP contribution in [-0.2, 0) is 10.0 Å². The van der Waals surface area contributed by atoms with E-state index in [1.807, 2.05) is 6.07 Å². The Balaban J connectivity index is 1.55. The molecule has 4 rings (SSSR count). The van der Waals surface area contributed by atoms with Gasteiger partial charge in [0, 0.05) is 30.7 Å². The van der Waals surface area contributed by atoms with Gasteiger partial charge in [-0.1, -0.05) is 24.6 Å². The van der Waals surface area contributed by atoms with Gasteiger partial charge in [-0.15, -0.1) is 0 Å². The maximum Gasteiger partial charge on any atom is 0.282 e. The van der Waals surface area contributed by atoms with Crippen LogP contribution < -0.4 is 5.32 Å². The number of carbonyl (C=O) groups excluding carboxylic acids is 1. The normalized spacial score (nSPS) is 16.8. The fourth-order valence-corrected chi connectivity index (χ4v) is 5.65. The Morgan fingerprint density at radius 2 is 1.82 bits per heavy atom. The molecule has 33 heavy (non-hydrogen) atoms. The van der Waals surface area contributed by atoms with Gasteiger partial charge in [-0.2, -0.15) is 4.31 Å². The van der Waals surface area contributed by atoms with Crippen LogP contribution in [0.1, 0.15) is 41.2 Å². The molecular weight excluding hydrogens is 444 g/mol. The van der Waals surface area contributed by atoms with E-state index in [4.69, 9.17) is 0 Å². The van der Waals surface area contributed by atoms with Gasteiger partial charge in [0.1, 0.15) is 5.56 Å². The first-order valence-corrected chi connectivity index (χ1v) is 11.9. The Hall–Kier alpha value is -3.63. The molecule has 1 N–H and O–H groups in total. The van der Waals surface area contributed by atoms with Crippen molar-refractivity contribution in [3.8, 4) is 0 Å². The lowest BCUT2D eigenvalue weighted by Crippen LogP contribution is -2.38. The van der Waals surface area contributed by atoms with Crippen LogP contribution in [0, 0.1) is 10.1 Å². The monoisotopic (exact) mass is 466 g/mol. The molecule has 0 spiro atoms. The summed E-state index contributed by atoms with van der Waals surface area (Å²) in [6, 6.07) is 14.8. The van der Waals surface area contributed by atoms with Crippen LogP contribution in [0.4, 0.5) is 11.4 Å². The molecule has 2 heterocycles. The number of sulfonamides is 1. The molecule has 0 bridgehead atoms. The molecule has 1 fully saturated rings. The maximum atomic E-state index is 13.4. The van der Waals surface area contributed by atoms with Crippen molar-refractivity contribution in [1.82, 2.24) is 9.29 Å². The van der Waals surface area contributed by atoms with Crippen LogP contribution in [0.25, 0.3) is 0 Å². The highest BCUT2D eigenvalue weighted by Crippen LogP contribution is 2.35. The largest absolute Gasteiger partial charge is 0.322 e. The second kappa shape index (κ2) is 9.47. The fourth-order valence-electron chi connectivity index (χ4n) is 3.97. The van der Waals surface area contributed by atoms with Crippen molar-refractivity contribution in [3.05, 3.63) is 94.3 Å². The number of nitro groups is 1. The number of pyridine rings is 1. The fraction of sp³-hybridized carbons (Fsp3) is 0.217. The lowest BCUT2D eigenvalue weighted by molar-refractivity contribution is -0.385. The zero-order valence-corrected chi connectivity index (χ0v) is 18.4.